The van der Waals surface area contributed by atoms with E-state index < -0.39 is 0 Å². The number of carbonyl (C=O) groups excluding carboxylic acids is 1. The Kier molecular flexibility index (Phi) is 4.85. The first-order valence-electron chi connectivity index (χ1n) is 6.06. The second-order valence-corrected chi connectivity index (χ2v) is 4.62. The SMILES string of the molecule is O=C(COc1ccc(Cl)cc1)NCc1ccc(O)cc1. The first-order chi connectivity index (χ1) is 9.63. The maximum absolute atomic E-state index is 11.6. The number of rotatable bonds is 5. The van der Waals surface area contributed by atoms with Gasteiger partial charge in [0.2, 0.25) is 0 Å². The van der Waals surface area contributed by atoms with Gasteiger partial charge in [0.05, 0.1) is 0 Å². The van der Waals surface area contributed by atoms with Crippen molar-refractivity contribution >= 4 is 17.5 Å². The van der Waals surface area contributed by atoms with Gasteiger partial charge in [0.25, 0.3) is 5.91 Å². The molecule has 0 saturated carbocycles. The molecule has 0 atom stereocenters. The number of ether oxygens (including phenoxy) is 1. The van der Waals surface area contributed by atoms with Gasteiger partial charge in [-0.05, 0) is 42.0 Å². The Balaban J connectivity index is 1.75. The summed E-state index contributed by atoms with van der Waals surface area (Å²) < 4.78 is 5.32. The molecule has 2 aromatic rings. The summed E-state index contributed by atoms with van der Waals surface area (Å²) >= 11 is 5.75. The lowest BCUT2D eigenvalue weighted by Crippen LogP contribution is -2.28. The molecule has 0 spiro atoms. The summed E-state index contributed by atoms with van der Waals surface area (Å²) in [5.41, 5.74) is 0.905. The summed E-state index contributed by atoms with van der Waals surface area (Å²) in [6.45, 7) is 0.336. The summed E-state index contributed by atoms with van der Waals surface area (Å²) in [4.78, 5) is 11.6. The normalized spacial score (nSPS) is 10.1. The molecule has 20 heavy (non-hydrogen) atoms. The quantitative estimate of drug-likeness (QED) is 0.890. The van der Waals surface area contributed by atoms with Crippen molar-refractivity contribution in [1.29, 1.82) is 0 Å². The van der Waals surface area contributed by atoms with Crippen molar-refractivity contribution in [2.75, 3.05) is 6.61 Å². The summed E-state index contributed by atoms with van der Waals surface area (Å²) in [5.74, 6) is 0.577. The van der Waals surface area contributed by atoms with Gasteiger partial charge in [-0.1, -0.05) is 23.7 Å². The van der Waals surface area contributed by atoms with Crippen molar-refractivity contribution in [3.63, 3.8) is 0 Å². The Bertz CT molecular complexity index is 515. The largest absolute Gasteiger partial charge is 0.508 e. The number of phenols is 1. The lowest BCUT2D eigenvalue weighted by atomic mass is 10.2. The summed E-state index contributed by atoms with van der Waals surface area (Å²) in [6, 6.07) is 13.4. The van der Waals surface area contributed by atoms with Gasteiger partial charge in [-0.2, -0.15) is 0 Å². The second-order valence-electron chi connectivity index (χ2n) is 4.19. The standard InChI is InChI=1S/C15H14ClNO3/c16-12-3-7-14(8-4-12)20-10-15(19)17-9-11-1-5-13(18)6-2-11/h1-8,18H,9-10H2,(H,17,19). The Morgan fingerprint density at radius 1 is 1.10 bits per heavy atom. The van der Waals surface area contributed by atoms with E-state index in [0.717, 1.165) is 5.56 Å². The third-order valence-corrected chi connectivity index (χ3v) is 2.86. The highest BCUT2D eigenvalue weighted by atomic mass is 35.5. The van der Waals surface area contributed by atoms with Gasteiger partial charge in [0, 0.05) is 11.6 Å². The zero-order valence-corrected chi connectivity index (χ0v) is 11.4. The highest BCUT2D eigenvalue weighted by Crippen LogP contribution is 2.15. The molecule has 0 bridgehead atoms. The molecule has 5 heteroatoms. The van der Waals surface area contributed by atoms with Crippen LogP contribution in [-0.4, -0.2) is 17.6 Å². The van der Waals surface area contributed by atoms with Crippen molar-refractivity contribution in [2.24, 2.45) is 0 Å². The van der Waals surface area contributed by atoms with Crippen LogP contribution in [-0.2, 0) is 11.3 Å². The van der Waals surface area contributed by atoms with Crippen LogP contribution < -0.4 is 10.1 Å². The molecule has 2 rings (SSSR count). The maximum atomic E-state index is 11.6. The van der Waals surface area contributed by atoms with Gasteiger partial charge in [-0.15, -0.1) is 0 Å². The first-order valence-corrected chi connectivity index (χ1v) is 6.44. The van der Waals surface area contributed by atoms with Crippen molar-refractivity contribution in [3.8, 4) is 11.5 Å². The minimum atomic E-state index is -0.215. The van der Waals surface area contributed by atoms with E-state index >= 15 is 0 Å². The summed E-state index contributed by atoms with van der Waals surface area (Å²) in [7, 11) is 0. The molecule has 0 aliphatic carbocycles. The first kappa shape index (κ1) is 14.2. The molecular formula is C15H14ClNO3. The maximum Gasteiger partial charge on any atom is 0.258 e. The van der Waals surface area contributed by atoms with Crippen molar-refractivity contribution < 1.29 is 14.6 Å². The van der Waals surface area contributed by atoms with Gasteiger partial charge < -0.3 is 15.2 Å². The number of phenolic OH excluding ortho intramolecular Hbond substituents is 1. The van der Waals surface area contributed by atoms with E-state index in [1.54, 1.807) is 48.5 Å². The average molecular weight is 292 g/mol. The number of carbonyl (C=O) groups is 1. The van der Waals surface area contributed by atoms with E-state index in [-0.39, 0.29) is 18.3 Å². The van der Waals surface area contributed by atoms with Crippen molar-refractivity contribution in [2.45, 2.75) is 6.54 Å². The van der Waals surface area contributed by atoms with E-state index in [4.69, 9.17) is 21.4 Å². The lowest BCUT2D eigenvalue weighted by Gasteiger charge is -2.07. The zero-order chi connectivity index (χ0) is 14.4. The summed E-state index contributed by atoms with van der Waals surface area (Å²) in [5, 5.41) is 12.5. The molecule has 2 N–H and O–H groups in total. The third kappa shape index (κ3) is 4.48. The molecule has 0 aliphatic heterocycles. The van der Waals surface area contributed by atoms with Crippen LogP contribution in [0.25, 0.3) is 0 Å². The van der Waals surface area contributed by atoms with E-state index in [1.807, 2.05) is 0 Å². The molecule has 0 radical (unpaired) electrons. The number of aromatic hydroxyl groups is 1. The van der Waals surface area contributed by atoms with E-state index in [2.05, 4.69) is 5.32 Å². The molecule has 1 amide bonds. The van der Waals surface area contributed by atoms with Crippen LogP contribution >= 0.6 is 11.6 Å². The van der Waals surface area contributed by atoms with Crippen LogP contribution in [0.3, 0.4) is 0 Å². The van der Waals surface area contributed by atoms with Crippen LogP contribution in [0, 0.1) is 0 Å². The van der Waals surface area contributed by atoms with Gasteiger partial charge in [-0.3, -0.25) is 4.79 Å². The Morgan fingerprint density at radius 3 is 2.40 bits per heavy atom. The molecular weight excluding hydrogens is 278 g/mol. The molecule has 104 valence electrons. The van der Waals surface area contributed by atoms with E-state index in [0.29, 0.717) is 17.3 Å². The smallest absolute Gasteiger partial charge is 0.258 e. The van der Waals surface area contributed by atoms with E-state index in [1.165, 1.54) is 0 Å². The number of amides is 1. The number of benzene rings is 2. The van der Waals surface area contributed by atoms with Crippen LogP contribution in [0.1, 0.15) is 5.56 Å². The van der Waals surface area contributed by atoms with E-state index in [9.17, 15) is 4.79 Å². The lowest BCUT2D eigenvalue weighted by molar-refractivity contribution is -0.123. The molecule has 0 aliphatic rings. The minimum Gasteiger partial charge on any atom is -0.508 e. The highest BCUT2D eigenvalue weighted by molar-refractivity contribution is 6.30. The fourth-order valence-electron chi connectivity index (χ4n) is 1.55. The third-order valence-electron chi connectivity index (χ3n) is 2.61. The van der Waals surface area contributed by atoms with Gasteiger partial charge >= 0.3 is 0 Å². The minimum absolute atomic E-state index is 0.0558. The highest BCUT2D eigenvalue weighted by Gasteiger charge is 2.03. The number of nitrogens with one attached hydrogen (secondary N) is 1. The topological polar surface area (TPSA) is 58.6 Å². The number of hydrogen-bond donors (Lipinski definition) is 2. The molecule has 4 nitrogen and oxygen atoms in total. The molecule has 0 aromatic heterocycles. The molecule has 0 fully saturated rings. The Hall–Kier alpha value is -2.20. The number of hydrogen-bond acceptors (Lipinski definition) is 3. The van der Waals surface area contributed by atoms with Crippen molar-refractivity contribution in [1.82, 2.24) is 5.32 Å². The predicted molar refractivity (Wildman–Crippen MR) is 76.9 cm³/mol. The van der Waals surface area contributed by atoms with Crippen LogP contribution in [0.15, 0.2) is 48.5 Å². The molecule has 0 unspecified atom stereocenters. The van der Waals surface area contributed by atoms with Gasteiger partial charge in [0.1, 0.15) is 11.5 Å². The summed E-state index contributed by atoms with van der Waals surface area (Å²) in [6.07, 6.45) is 0. The van der Waals surface area contributed by atoms with Crippen molar-refractivity contribution in [3.05, 3.63) is 59.1 Å². The van der Waals surface area contributed by atoms with Crippen LogP contribution in [0.5, 0.6) is 11.5 Å². The van der Waals surface area contributed by atoms with Gasteiger partial charge in [0.15, 0.2) is 6.61 Å². The van der Waals surface area contributed by atoms with Crippen LogP contribution in [0.4, 0.5) is 0 Å². The number of halogens is 1. The van der Waals surface area contributed by atoms with Crippen LogP contribution in [0.2, 0.25) is 5.02 Å². The molecule has 0 heterocycles. The predicted octanol–water partition coefficient (Wildman–Crippen LogP) is 2.74. The molecule has 0 saturated heterocycles. The second kappa shape index (κ2) is 6.82. The molecule has 2 aromatic carbocycles. The average Bonchev–Trinajstić information content (AvgIpc) is 2.46. The fourth-order valence-corrected chi connectivity index (χ4v) is 1.67. The Morgan fingerprint density at radius 2 is 1.75 bits per heavy atom. The monoisotopic (exact) mass is 291 g/mol. The fraction of sp³-hybridized carbons (Fsp3) is 0.133. The Labute approximate surface area is 122 Å². The van der Waals surface area contributed by atoms with Gasteiger partial charge in [-0.25, -0.2) is 0 Å². The zero-order valence-electron chi connectivity index (χ0n) is 10.7.